The second-order valence-corrected chi connectivity index (χ2v) is 6.09. The Bertz CT molecular complexity index is 343. The van der Waals surface area contributed by atoms with Crippen LogP contribution in [0.4, 0.5) is 0 Å². The highest BCUT2D eigenvalue weighted by Gasteiger charge is 2.42. The van der Waals surface area contributed by atoms with Gasteiger partial charge in [-0.1, -0.05) is 12.8 Å². The summed E-state index contributed by atoms with van der Waals surface area (Å²) in [4.78, 5) is 26.1. The quantitative estimate of drug-likeness (QED) is 0.773. The number of hydrogen-bond acceptors (Lipinski definition) is 3. The van der Waals surface area contributed by atoms with E-state index in [1.165, 1.54) is 0 Å². The van der Waals surface area contributed by atoms with Crippen LogP contribution in [0.2, 0.25) is 0 Å². The molecule has 0 spiro atoms. The zero-order chi connectivity index (χ0) is 13.9. The Labute approximate surface area is 115 Å². The van der Waals surface area contributed by atoms with Crippen molar-refractivity contribution in [3.63, 3.8) is 0 Å². The highest BCUT2D eigenvalue weighted by Crippen LogP contribution is 2.39. The highest BCUT2D eigenvalue weighted by atomic mass is 16.2. The van der Waals surface area contributed by atoms with E-state index in [0.29, 0.717) is 6.54 Å². The van der Waals surface area contributed by atoms with Crippen molar-refractivity contribution < 1.29 is 9.59 Å². The molecule has 1 aliphatic carbocycles. The van der Waals surface area contributed by atoms with E-state index in [-0.39, 0.29) is 23.1 Å². The lowest BCUT2D eigenvalue weighted by molar-refractivity contribution is -0.139. The van der Waals surface area contributed by atoms with Gasteiger partial charge in [-0.15, -0.1) is 0 Å². The largest absolute Gasteiger partial charge is 0.355 e. The summed E-state index contributed by atoms with van der Waals surface area (Å²) in [6, 6.07) is 0. The number of rotatable bonds is 4. The third-order valence-corrected chi connectivity index (χ3v) is 4.45. The second kappa shape index (κ2) is 5.90. The van der Waals surface area contributed by atoms with Crippen LogP contribution in [-0.2, 0) is 9.59 Å². The predicted molar refractivity (Wildman–Crippen MR) is 73.6 cm³/mol. The Balaban J connectivity index is 1.93. The molecular formula is C14H25N3O2. The van der Waals surface area contributed by atoms with Crippen LogP contribution in [0.5, 0.6) is 0 Å². The van der Waals surface area contributed by atoms with Crippen molar-refractivity contribution in [2.45, 2.75) is 32.1 Å². The minimum atomic E-state index is -0.356. The fraction of sp³-hybridized carbons (Fsp3) is 0.857. The summed E-state index contributed by atoms with van der Waals surface area (Å²) in [5.41, 5.74) is -0.356. The van der Waals surface area contributed by atoms with Crippen LogP contribution in [0.3, 0.4) is 0 Å². The molecule has 2 amide bonds. The van der Waals surface area contributed by atoms with Crippen molar-refractivity contribution in [2.75, 3.05) is 33.7 Å². The molecule has 5 nitrogen and oxygen atoms in total. The first-order valence-corrected chi connectivity index (χ1v) is 7.25. The van der Waals surface area contributed by atoms with Gasteiger partial charge in [0.1, 0.15) is 0 Å². The SMILES string of the molecule is CN(C)C(=O)C1(CNC(=O)C2CCNC2)CCCC1. The number of carbonyl (C=O) groups excluding carboxylic acids is 2. The van der Waals surface area contributed by atoms with Gasteiger partial charge in [-0.25, -0.2) is 0 Å². The summed E-state index contributed by atoms with van der Waals surface area (Å²) in [6.45, 7) is 2.18. The monoisotopic (exact) mass is 267 g/mol. The van der Waals surface area contributed by atoms with Gasteiger partial charge in [-0.05, 0) is 25.8 Å². The van der Waals surface area contributed by atoms with Crippen molar-refractivity contribution in [3.8, 4) is 0 Å². The maximum atomic E-state index is 12.4. The molecule has 108 valence electrons. The molecule has 0 aromatic rings. The molecule has 19 heavy (non-hydrogen) atoms. The maximum Gasteiger partial charge on any atom is 0.230 e. The van der Waals surface area contributed by atoms with Crippen LogP contribution < -0.4 is 10.6 Å². The molecule has 1 unspecified atom stereocenters. The molecule has 2 aliphatic rings. The Morgan fingerprint density at radius 3 is 2.53 bits per heavy atom. The molecule has 1 aliphatic heterocycles. The van der Waals surface area contributed by atoms with Crippen LogP contribution in [0.1, 0.15) is 32.1 Å². The van der Waals surface area contributed by atoms with E-state index in [4.69, 9.17) is 0 Å². The van der Waals surface area contributed by atoms with E-state index in [2.05, 4.69) is 10.6 Å². The molecule has 5 heteroatoms. The van der Waals surface area contributed by atoms with E-state index in [1.54, 1.807) is 19.0 Å². The molecule has 1 atom stereocenters. The number of amides is 2. The molecule has 0 aromatic carbocycles. The second-order valence-electron chi connectivity index (χ2n) is 6.09. The molecule has 1 saturated heterocycles. The summed E-state index contributed by atoms with van der Waals surface area (Å²) in [7, 11) is 3.59. The van der Waals surface area contributed by atoms with Gasteiger partial charge in [-0.3, -0.25) is 9.59 Å². The Kier molecular flexibility index (Phi) is 4.45. The molecule has 2 N–H and O–H groups in total. The lowest BCUT2D eigenvalue weighted by atomic mass is 9.84. The minimum absolute atomic E-state index is 0.0768. The number of nitrogens with zero attached hydrogens (tertiary/aromatic N) is 1. The third-order valence-electron chi connectivity index (χ3n) is 4.45. The van der Waals surface area contributed by atoms with Crippen LogP contribution >= 0.6 is 0 Å². The standard InChI is InChI=1S/C14H25N3O2/c1-17(2)13(19)14(6-3-4-7-14)10-16-12(18)11-5-8-15-9-11/h11,15H,3-10H2,1-2H3,(H,16,18). The van der Waals surface area contributed by atoms with Crippen molar-refractivity contribution in [3.05, 3.63) is 0 Å². The van der Waals surface area contributed by atoms with Gasteiger partial charge in [-0.2, -0.15) is 0 Å². The van der Waals surface area contributed by atoms with Crippen LogP contribution in [0.15, 0.2) is 0 Å². The fourth-order valence-electron chi connectivity index (χ4n) is 3.27. The van der Waals surface area contributed by atoms with Crippen molar-refractivity contribution in [2.24, 2.45) is 11.3 Å². The maximum absolute atomic E-state index is 12.4. The van der Waals surface area contributed by atoms with Gasteiger partial charge in [0.25, 0.3) is 0 Å². The van der Waals surface area contributed by atoms with Gasteiger partial charge in [0, 0.05) is 27.2 Å². The van der Waals surface area contributed by atoms with Crippen molar-refractivity contribution >= 4 is 11.8 Å². The summed E-state index contributed by atoms with van der Waals surface area (Å²) < 4.78 is 0. The van der Waals surface area contributed by atoms with Gasteiger partial charge in [0.15, 0.2) is 0 Å². The molecule has 0 aromatic heterocycles. The van der Waals surface area contributed by atoms with Crippen LogP contribution in [0.25, 0.3) is 0 Å². The zero-order valence-corrected chi connectivity index (χ0v) is 12.0. The predicted octanol–water partition coefficient (Wildman–Crippen LogP) is 0.361. The zero-order valence-electron chi connectivity index (χ0n) is 12.0. The van der Waals surface area contributed by atoms with Gasteiger partial charge in [0.05, 0.1) is 11.3 Å². The number of carbonyl (C=O) groups is 2. The smallest absolute Gasteiger partial charge is 0.230 e. The minimum Gasteiger partial charge on any atom is -0.355 e. The van der Waals surface area contributed by atoms with Crippen LogP contribution in [-0.4, -0.2) is 50.4 Å². The average Bonchev–Trinajstić information content (AvgIpc) is 3.06. The average molecular weight is 267 g/mol. The van der Waals surface area contributed by atoms with E-state index in [0.717, 1.165) is 45.2 Å². The summed E-state index contributed by atoms with van der Waals surface area (Å²) >= 11 is 0. The Morgan fingerprint density at radius 1 is 1.32 bits per heavy atom. The third kappa shape index (κ3) is 3.08. The first-order valence-electron chi connectivity index (χ1n) is 7.25. The molecule has 2 rings (SSSR count). The fourth-order valence-corrected chi connectivity index (χ4v) is 3.27. The first kappa shape index (κ1) is 14.3. The summed E-state index contributed by atoms with van der Waals surface area (Å²) in [5.74, 6) is 0.339. The first-order chi connectivity index (χ1) is 9.05. The van der Waals surface area contributed by atoms with Crippen molar-refractivity contribution in [1.82, 2.24) is 15.5 Å². The van der Waals surface area contributed by atoms with Crippen molar-refractivity contribution in [1.29, 1.82) is 0 Å². The summed E-state index contributed by atoms with van der Waals surface area (Å²) in [5, 5.41) is 6.21. The van der Waals surface area contributed by atoms with E-state index < -0.39 is 0 Å². The molecule has 0 bridgehead atoms. The van der Waals surface area contributed by atoms with Gasteiger partial charge >= 0.3 is 0 Å². The topological polar surface area (TPSA) is 61.4 Å². The summed E-state index contributed by atoms with van der Waals surface area (Å²) in [6.07, 6.45) is 4.86. The Hall–Kier alpha value is -1.10. The van der Waals surface area contributed by atoms with E-state index in [9.17, 15) is 9.59 Å². The highest BCUT2D eigenvalue weighted by molar-refractivity contribution is 5.84. The van der Waals surface area contributed by atoms with E-state index in [1.807, 2.05) is 0 Å². The lowest BCUT2D eigenvalue weighted by Gasteiger charge is -2.31. The molecule has 0 radical (unpaired) electrons. The molecule has 2 fully saturated rings. The Morgan fingerprint density at radius 2 is 2.00 bits per heavy atom. The van der Waals surface area contributed by atoms with Gasteiger partial charge < -0.3 is 15.5 Å². The molecule has 1 saturated carbocycles. The normalized spacial score (nSPS) is 25.3. The number of hydrogen-bond donors (Lipinski definition) is 2. The van der Waals surface area contributed by atoms with Gasteiger partial charge in [0.2, 0.25) is 11.8 Å². The number of nitrogens with one attached hydrogen (secondary N) is 2. The van der Waals surface area contributed by atoms with Crippen LogP contribution in [0, 0.1) is 11.3 Å². The molecular weight excluding hydrogens is 242 g/mol. The lowest BCUT2D eigenvalue weighted by Crippen LogP contribution is -2.47. The molecule has 1 heterocycles. The van der Waals surface area contributed by atoms with E-state index >= 15 is 0 Å².